The van der Waals surface area contributed by atoms with Crippen LogP contribution in [0, 0.1) is 11.6 Å². The molecule has 3 aromatic carbocycles. The fourth-order valence-electron chi connectivity index (χ4n) is 2.78. The lowest BCUT2D eigenvalue weighted by molar-refractivity contribution is 0.630. The van der Waals surface area contributed by atoms with Gasteiger partial charge < -0.3 is 0 Å². The lowest BCUT2D eigenvalue weighted by Crippen LogP contribution is -1.98. The summed E-state index contributed by atoms with van der Waals surface area (Å²) in [5, 5.41) is 0. The normalized spacial score (nSPS) is 10.7. The van der Waals surface area contributed by atoms with E-state index in [1.807, 2.05) is 30.3 Å². The standard InChI is InChI=1S/C22H14F2N2/c23-18-12-6-4-10-16(18)20-14-21(17-11-5-7-13-19(17)24)26-22(25-20)15-8-2-1-3-9-15/h1-14H. The minimum Gasteiger partial charge on any atom is -0.228 e. The van der Waals surface area contributed by atoms with Gasteiger partial charge >= 0.3 is 0 Å². The molecule has 0 atom stereocenters. The first kappa shape index (κ1) is 16.1. The van der Waals surface area contributed by atoms with Gasteiger partial charge in [-0.15, -0.1) is 0 Å². The molecule has 0 aliphatic heterocycles. The molecule has 0 radical (unpaired) electrons. The zero-order valence-electron chi connectivity index (χ0n) is 13.7. The molecule has 0 amide bonds. The fraction of sp³-hybridized carbons (Fsp3) is 0. The Morgan fingerprint density at radius 3 is 1.50 bits per heavy atom. The van der Waals surface area contributed by atoms with Crippen molar-refractivity contribution in [1.82, 2.24) is 9.97 Å². The van der Waals surface area contributed by atoms with Crippen molar-refractivity contribution in [1.29, 1.82) is 0 Å². The lowest BCUT2D eigenvalue weighted by atomic mass is 10.1. The van der Waals surface area contributed by atoms with E-state index < -0.39 is 0 Å². The van der Waals surface area contributed by atoms with Gasteiger partial charge in [0, 0.05) is 16.7 Å². The average Bonchev–Trinajstić information content (AvgIpc) is 2.69. The third kappa shape index (κ3) is 3.09. The average molecular weight is 344 g/mol. The molecule has 126 valence electrons. The highest BCUT2D eigenvalue weighted by atomic mass is 19.1. The summed E-state index contributed by atoms with van der Waals surface area (Å²) in [6, 6.07) is 23.8. The predicted octanol–water partition coefficient (Wildman–Crippen LogP) is 5.76. The first-order valence-electron chi connectivity index (χ1n) is 8.17. The van der Waals surface area contributed by atoms with Crippen LogP contribution in [0.15, 0.2) is 84.9 Å². The van der Waals surface area contributed by atoms with E-state index in [2.05, 4.69) is 9.97 Å². The van der Waals surface area contributed by atoms with E-state index in [4.69, 9.17) is 0 Å². The predicted molar refractivity (Wildman–Crippen MR) is 98.3 cm³/mol. The molecule has 0 aliphatic rings. The van der Waals surface area contributed by atoms with Crippen molar-refractivity contribution in [3.05, 3.63) is 96.6 Å². The molecule has 0 saturated heterocycles. The number of hydrogen-bond acceptors (Lipinski definition) is 2. The Bertz CT molecular complexity index is 999. The van der Waals surface area contributed by atoms with Gasteiger partial charge in [0.1, 0.15) is 11.6 Å². The monoisotopic (exact) mass is 344 g/mol. The highest BCUT2D eigenvalue weighted by Crippen LogP contribution is 2.29. The molecule has 0 fully saturated rings. The number of hydrogen-bond donors (Lipinski definition) is 0. The van der Waals surface area contributed by atoms with Crippen LogP contribution >= 0.6 is 0 Å². The quantitative estimate of drug-likeness (QED) is 0.472. The Hall–Kier alpha value is -3.40. The molecule has 4 heteroatoms. The van der Waals surface area contributed by atoms with Gasteiger partial charge in [-0.25, -0.2) is 18.7 Å². The Morgan fingerprint density at radius 2 is 1.00 bits per heavy atom. The van der Waals surface area contributed by atoms with Crippen molar-refractivity contribution in [3.8, 4) is 33.9 Å². The summed E-state index contributed by atoms with van der Waals surface area (Å²) >= 11 is 0. The van der Waals surface area contributed by atoms with E-state index >= 15 is 0 Å². The summed E-state index contributed by atoms with van der Waals surface area (Å²) in [5.74, 6) is -0.348. The second kappa shape index (κ2) is 6.84. The van der Waals surface area contributed by atoms with E-state index in [9.17, 15) is 8.78 Å². The second-order valence-electron chi connectivity index (χ2n) is 5.79. The number of aromatic nitrogens is 2. The number of benzene rings is 3. The lowest BCUT2D eigenvalue weighted by Gasteiger charge is -2.10. The van der Waals surface area contributed by atoms with E-state index in [1.165, 1.54) is 12.1 Å². The minimum absolute atomic E-state index is 0.352. The molecule has 0 unspecified atom stereocenters. The van der Waals surface area contributed by atoms with Crippen molar-refractivity contribution >= 4 is 0 Å². The summed E-state index contributed by atoms with van der Waals surface area (Å²) in [6.07, 6.45) is 0. The number of nitrogens with zero attached hydrogens (tertiary/aromatic N) is 2. The zero-order valence-corrected chi connectivity index (χ0v) is 13.7. The van der Waals surface area contributed by atoms with E-state index in [-0.39, 0.29) is 11.6 Å². The van der Waals surface area contributed by atoms with Crippen LogP contribution in [0.5, 0.6) is 0 Å². The molecule has 0 bridgehead atoms. The van der Waals surface area contributed by atoms with Gasteiger partial charge in [-0.3, -0.25) is 0 Å². The van der Waals surface area contributed by atoms with Crippen molar-refractivity contribution in [2.45, 2.75) is 0 Å². The summed E-state index contributed by atoms with van der Waals surface area (Å²) < 4.78 is 28.6. The summed E-state index contributed by atoms with van der Waals surface area (Å²) in [7, 11) is 0. The van der Waals surface area contributed by atoms with Gasteiger partial charge in [-0.2, -0.15) is 0 Å². The highest BCUT2D eigenvalue weighted by molar-refractivity contribution is 5.72. The van der Waals surface area contributed by atoms with Gasteiger partial charge in [0.15, 0.2) is 5.82 Å². The minimum atomic E-state index is -0.385. The van der Waals surface area contributed by atoms with Crippen molar-refractivity contribution in [2.24, 2.45) is 0 Å². The van der Waals surface area contributed by atoms with Crippen LogP contribution in [-0.2, 0) is 0 Å². The SMILES string of the molecule is Fc1ccccc1-c1cc(-c2ccccc2F)nc(-c2ccccc2)n1. The third-order valence-corrected chi connectivity index (χ3v) is 4.06. The maximum atomic E-state index is 14.3. The molecule has 0 aliphatic carbocycles. The maximum absolute atomic E-state index is 14.3. The first-order valence-corrected chi connectivity index (χ1v) is 8.17. The van der Waals surface area contributed by atoms with Crippen molar-refractivity contribution in [3.63, 3.8) is 0 Å². The molecule has 0 spiro atoms. The molecule has 26 heavy (non-hydrogen) atoms. The van der Waals surface area contributed by atoms with Gasteiger partial charge in [-0.05, 0) is 30.3 Å². The van der Waals surface area contributed by atoms with E-state index in [0.29, 0.717) is 28.3 Å². The van der Waals surface area contributed by atoms with Crippen LogP contribution in [-0.4, -0.2) is 9.97 Å². The van der Waals surface area contributed by atoms with Gasteiger partial charge in [0.2, 0.25) is 0 Å². The topological polar surface area (TPSA) is 25.8 Å². The van der Waals surface area contributed by atoms with Crippen LogP contribution in [0.25, 0.3) is 33.9 Å². The van der Waals surface area contributed by atoms with Crippen molar-refractivity contribution in [2.75, 3.05) is 0 Å². The largest absolute Gasteiger partial charge is 0.228 e. The number of halogens is 2. The zero-order chi connectivity index (χ0) is 17.9. The van der Waals surface area contributed by atoms with Crippen LogP contribution < -0.4 is 0 Å². The van der Waals surface area contributed by atoms with Crippen molar-refractivity contribution < 1.29 is 8.78 Å². The molecule has 0 N–H and O–H groups in total. The molecule has 0 saturated carbocycles. The number of rotatable bonds is 3. The van der Waals surface area contributed by atoms with Crippen LogP contribution in [0.3, 0.4) is 0 Å². The molecular weight excluding hydrogens is 330 g/mol. The molecule has 4 aromatic rings. The van der Waals surface area contributed by atoms with Gasteiger partial charge in [0.05, 0.1) is 11.4 Å². The molecular formula is C22H14F2N2. The second-order valence-corrected chi connectivity index (χ2v) is 5.79. The van der Waals surface area contributed by atoms with Crippen LogP contribution in [0.2, 0.25) is 0 Å². The molecule has 1 aromatic heterocycles. The highest BCUT2D eigenvalue weighted by Gasteiger charge is 2.14. The molecule has 2 nitrogen and oxygen atoms in total. The molecule has 4 rings (SSSR count). The molecule has 1 heterocycles. The summed E-state index contributed by atoms with van der Waals surface area (Å²) in [6.45, 7) is 0. The fourth-order valence-corrected chi connectivity index (χ4v) is 2.78. The Balaban J connectivity index is 1.97. The third-order valence-electron chi connectivity index (χ3n) is 4.06. The van der Waals surface area contributed by atoms with Crippen LogP contribution in [0.1, 0.15) is 0 Å². The Morgan fingerprint density at radius 1 is 0.538 bits per heavy atom. The summed E-state index contributed by atoms with van der Waals surface area (Å²) in [5.41, 5.74) is 2.31. The van der Waals surface area contributed by atoms with E-state index in [0.717, 1.165) is 5.56 Å². The van der Waals surface area contributed by atoms with Gasteiger partial charge in [0.25, 0.3) is 0 Å². The Kier molecular flexibility index (Phi) is 4.23. The first-order chi connectivity index (χ1) is 12.7. The summed E-state index contributed by atoms with van der Waals surface area (Å²) in [4.78, 5) is 9.03. The van der Waals surface area contributed by atoms with E-state index in [1.54, 1.807) is 42.5 Å². The maximum Gasteiger partial charge on any atom is 0.160 e. The smallest absolute Gasteiger partial charge is 0.160 e. The van der Waals surface area contributed by atoms with Gasteiger partial charge in [-0.1, -0.05) is 54.6 Å². The van der Waals surface area contributed by atoms with Crippen LogP contribution in [0.4, 0.5) is 8.78 Å². The Labute approximate surface area is 149 Å².